The highest BCUT2D eigenvalue weighted by atomic mass is 16.4. The molecule has 1 aromatic carbocycles. The van der Waals surface area contributed by atoms with Crippen LogP contribution in [0.4, 0.5) is 0 Å². The zero-order chi connectivity index (χ0) is 15.5. The molecule has 4 atom stereocenters. The number of rotatable bonds is 5. The molecule has 2 N–H and O–H groups in total. The number of hydrogen-bond donors (Lipinski definition) is 2. The van der Waals surface area contributed by atoms with Crippen LogP contribution in [0.5, 0.6) is 0 Å². The van der Waals surface area contributed by atoms with Gasteiger partial charge in [-0.05, 0) is 50.0 Å². The second kappa shape index (κ2) is 6.51. The summed E-state index contributed by atoms with van der Waals surface area (Å²) in [7, 11) is 0. The van der Waals surface area contributed by atoms with Crippen molar-refractivity contribution in [2.75, 3.05) is 0 Å². The van der Waals surface area contributed by atoms with Crippen LogP contribution in [0.2, 0.25) is 0 Å². The van der Waals surface area contributed by atoms with Crippen molar-refractivity contribution in [2.24, 2.45) is 17.8 Å². The molecule has 2 fully saturated rings. The Labute approximate surface area is 130 Å². The van der Waals surface area contributed by atoms with E-state index in [0.29, 0.717) is 18.8 Å². The topological polar surface area (TPSA) is 66.4 Å². The van der Waals surface area contributed by atoms with Gasteiger partial charge in [-0.25, -0.2) is 0 Å². The lowest BCUT2D eigenvalue weighted by Crippen LogP contribution is -2.46. The molecule has 4 nitrogen and oxygen atoms in total. The standard InChI is InChI=1S/C18H23NO3/c20-17(15-8-9-16(15)18(21)22)19-14-7-6-13(11-14)10-12-4-2-1-3-5-12/h1-5,13-16H,6-11H2,(H,19,20)(H,21,22). The average Bonchev–Trinajstić information content (AvgIpc) is 2.85. The summed E-state index contributed by atoms with van der Waals surface area (Å²) in [5.41, 5.74) is 1.35. The Kier molecular flexibility index (Phi) is 4.46. The van der Waals surface area contributed by atoms with Crippen LogP contribution in [-0.4, -0.2) is 23.0 Å². The fourth-order valence-corrected chi connectivity index (χ4v) is 3.76. The van der Waals surface area contributed by atoms with Crippen LogP contribution in [0.1, 0.15) is 37.7 Å². The zero-order valence-corrected chi connectivity index (χ0v) is 12.7. The molecule has 0 saturated heterocycles. The van der Waals surface area contributed by atoms with Gasteiger partial charge >= 0.3 is 5.97 Å². The van der Waals surface area contributed by atoms with E-state index < -0.39 is 11.9 Å². The molecule has 2 aliphatic rings. The molecular weight excluding hydrogens is 278 g/mol. The number of benzene rings is 1. The van der Waals surface area contributed by atoms with Crippen LogP contribution < -0.4 is 5.32 Å². The molecule has 0 radical (unpaired) electrons. The third-order valence-electron chi connectivity index (χ3n) is 5.18. The van der Waals surface area contributed by atoms with Gasteiger partial charge in [0.25, 0.3) is 0 Å². The van der Waals surface area contributed by atoms with Crippen LogP contribution in [0.25, 0.3) is 0 Å². The van der Waals surface area contributed by atoms with Gasteiger partial charge in [-0.2, -0.15) is 0 Å². The molecule has 0 bridgehead atoms. The number of carbonyl (C=O) groups is 2. The zero-order valence-electron chi connectivity index (χ0n) is 12.7. The van der Waals surface area contributed by atoms with Crippen molar-refractivity contribution in [2.45, 2.75) is 44.6 Å². The quantitative estimate of drug-likeness (QED) is 0.878. The van der Waals surface area contributed by atoms with E-state index in [-0.39, 0.29) is 17.9 Å². The van der Waals surface area contributed by atoms with E-state index in [1.807, 2.05) is 6.07 Å². The van der Waals surface area contributed by atoms with Crippen molar-refractivity contribution >= 4 is 11.9 Å². The number of carboxylic acid groups (broad SMARTS) is 1. The Morgan fingerprint density at radius 2 is 1.77 bits per heavy atom. The molecule has 2 saturated carbocycles. The van der Waals surface area contributed by atoms with E-state index in [0.717, 1.165) is 25.7 Å². The normalized spacial score (nSPS) is 30.5. The van der Waals surface area contributed by atoms with E-state index in [1.54, 1.807) is 0 Å². The summed E-state index contributed by atoms with van der Waals surface area (Å²) >= 11 is 0. The second-order valence-corrected chi connectivity index (χ2v) is 6.70. The number of hydrogen-bond acceptors (Lipinski definition) is 2. The summed E-state index contributed by atoms with van der Waals surface area (Å²) in [6.07, 6.45) is 5.55. The number of nitrogens with one attached hydrogen (secondary N) is 1. The van der Waals surface area contributed by atoms with Crippen LogP contribution in [-0.2, 0) is 16.0 Å². The summed E-state index contributed by atoms with van der Waals surface area (Å²) in [5.74, 6) is -1.06. The van der Waals surface area contributed by atoms with Gasteiger partial charge in [-0.15, -0.1) is 0 Å². The lowest BCUT2D eigenvalue weighted by Gasteiger charge is -2.32. The van der Waals surface area contributed by atoms with Gasteiger partial charge in [-0.1, -0.05) is 30.3 Å². The molecule has 118 valence electrons. The molecule has 0 heterocycles. The summed E-state index contributed by atoms with van der Waals surface area (Å²) < 4.78 is 0. The number of aliphatic carboxylic acids is 1. The van der Waals surface area contributed by atoms with Gasteiger partial charge in [0.05, 0.1) is 11.8 Å². The highest BCUT2D eigenvalue weighted by Crippen LogP contribution is 2.35. The average molecular weight is 301 g/mol. The Balaban J connectivity index is 1.47. The fourth-order valence-electron chi connectivity index (χ4n) is 3.76. The number of carboxylic acids is 1. The monoisotopic (exact) mass is 301 g/mol. The molecule has 22 heavy (non-hydrogen) atoms. The Morgan fingerprint density at radius 3 is 2.41 bits per heavy atom. The first-order valence-electron chi connectivity index (χ1n) is 8.20. The molecule has 3 rings (SSSR count). The van der Waals surface area contributed by atoms with Crippen molar-refractivity contribution in [1.82, 2.24) is 5.32 Å². The minimum Gasteiger partial charge on any atom is -0.481 e. The smallest absolute Gasteiger partial charge is 0.307 e. The summed E-state index contributed by atoms with van der Waals surface area (Å²) in [4.78, 5) is 23.2. The molecule has 1 aromatic rings. The highest BCUT2D eigenvalue weighted by Gasteiger charge is 2.42. The maximum absolute atomic E-state index is 12.2. The Hall–Kier alpha value is -1.84. The third-order valence-corrected chi connectivity index (χ3v) is 5.18. The first kappa shape index (κ1) is 15.1. The van der Waals surface area contributed by atoms with Crippen LogP contribution in [0.3, 0.4) is 0 Å². The van der Waals surface area contributed by atoms with E-state index in [1.165, 1.54) is 5.56 Å². The Bertz CT molecular complexity index is 543. The van der Waals surface area contributed by atoms with Crippen molar-refractivity contribution in [1.29, 1.82) is 0 Å². The fraction of sp³-hybridized carbons (Fsp3) is 0.556. The third kappa shape index (κ3) is 3.32. The SMILES string of the molecule is O=C(O)C1CCC1C(=O)NC1CCC(Cc2ccccc2)C1. The predicted octanol–water partition coefficient (Wildman–Crippen LogP) is 2.62. The molecule has 0 spiro atoms. The van der Waals surface area contributed by atoms with E-state index in [9.17, 15) is 9.59 Å². The number of carbonyl (C=O) groups excluding carboxylic acids is 1. The van der Waals surface area contributed by atoms with Gasteiger partial charge in [0, 0.05) is 6.04 Å². The van der Waals surface area contributed by atoms with Gasteiger partial charge in [0.1, 0.15) is 0 Å². The van der Waals surface area contributed by atoms with Gasteiger partial charge in [0.15, 0.2) is 0 Å². The molecule has 1 amide bonds. The van der Waals surface area contributed by atoms with Crippen LogP contribution in [0.15, 0.2) is 30.3 Å². The molecule has 4 unspecified atom stereocenters. The highest BCUT2D eigenvalue weighted by molar-refractivity contribution is 5.86. The molecular formula is C18H23NO3. The maximum atomic E-state index is 12.2. The van der Waals surface area contributed by atoms with Crippen LogP contribution >= 0.6 is 0 Å². The largest absolute Gasteiger partial charge is 0.481 e. The molecule has 0 aliphatic heterocycles. The van der Waals surface area contributed by atoms with E-state index >= 15 is 0 Å². The summed E-state index contributed by atoms with van der Waals surface area (Å²) in [6, 6.07) is 10.7. The summed E-state index contributed by atoms with van der Waals surface area (Å²) in [5, 5.41) is 12.1. The first-order valence-corrected chi connectivity index (χ1v) is 8.20. The van der Waals surface area contributed by atoms with Gasteiger partial charge < -0.3 is 10.4 Å². The van der Waals surface area contributed by atoms with Crippen LogP contribution in [0, 0.1) is 17.8 Å². The summed E-state index contributed by atoms with van der Waals surface area (Å²) in [6.45, 7) is 0. The predicted molar refractivity (Wildman–Crippen MR) is 83.3 cm³/mol. The van der Waals surface area contributed by atoms with Crippen molar-refractivity contribution < 1.29 is 14.7 Å². The first-order chi connectivity index (χ1) is 10.6. The molecule has 2 aliphatic carbocycles. The van der Waals surface area contributed by atoms with Crippen molar-refractivity contribution in [3.63, 3.8) is 0 Å². The van der Waals surface area contributed by atoms with Crippen molar-refractivity contribution in [3.05, 3.63) is 35.9 Å². The van der Waals surface area contributed by atoms with E-state index in [2.05, 4.69) is 29.6 Å². The molecule has 4 heteroatoms. The van der Waals surface area contributed by atoms with E-state index in [4.69, 9.17) is 5.11 Å². The second-order valence-electron chi connectivity index (χ2n) is 6.70. The van der Waals surface area contributed by atoms with Crippen molar-refractivity contribution in [3.8, 4) is 0 Å². The lowest BCUT2D eigenvalue weighted by molar-refractivity contribution is -0.152. The maximum Gasteiger partial charge on any atom is 0.307 e. The van der Waals surface area contributed by atoms with Gasteiger partial charge in [0.2, 0.25) is 5.91 Å². The lowest BCUT2D eigenvalue weighted by atomic mass is 9.73. The minimum absolute atomic E-state index is 0.0518. The minimum atomic E-state index is -0.834. The van der Waals surface area contributed by atoms with Gasteiger partial charge in [-0.3, -0.25) is 9.59 Å². The number of amides is 1. The Morgan fingerprint density at radius 1 is 1.05 bits per heavy atom. The molecule has 0 aromatic heterocycles.